The van der Waals surface area contributed by atoms with Crippen molar-refractivity contribution in [2.24, 2.45) is 0 Å². The van der Waals surface area contributed by atoms with E-state index in [-0.39, 0.29) is 0 Å². The van der Waals surface area contributed by atoms with Crippen LogP contribution in [0.25, 0.3) is 21.5 Å². The second-order valence-electron chi connectivity index (χ2n) is 5.92. The Morgan fingerprint density at radius 3 is 2.21 bits per heavy atom. The molecule has 4 aromatic carbocycles. The van der Waals surface area contributed by atoms with Gasteiger partial charge in [-0.3, -0.25) is 0 Å². The molecular weight excluding hydrogens is 296 g/mol. The van der Waals surface area contributed by atoms with Crippen LogP contribution in [0.3, 0.4) is 0 Å². The Kier molecular flexibility index (Phi) is 3.17. The van der Waals surface area contributed by atoms with Crippen LogP contribution in [0.4, 0.5) is 28.4 Å². The Morgan fingerprint density at radius 1 is 0.583 bits per heavy atom. The van der Waals surface area contributed by atoms with Gasteiger partial charge in [-0.05, 0) is 41.1 Å². The summed E-state index contributed by atoms with van der Waals surface area (Å²) in [5.41, 5.74) is 22.0. The minimum Gasteiger partial charge on any atom is -0.398 e. The van der Waals surface area contributed by atoms with Crippen molar-refractivity contribution in [1.29, 1.82) is 0 Å². The average molecular weight is 314 g/mol. The smallest absolute Gasteiger partial charge is 0.0627 e. The summed E-state index contributed by atoms with van der Waals surface area (Å²) in [5, 5.41) is 7.58. The van der Waals surface area contributed by atoms with Crippen LogP contribution in [-0.2, 0) is 0 Å². The number of nitrogens with two attached hydrogens (primary N) is 3. The van der Waals surface area contributed by atoms with Gasteiger partial charge in [0.1, 0.15) is 0 Å². The summed E-state index contributed by atoms with van der Waals surface area (Å²) in [7, 11) is 0. The largest absolute Gasteiger partial charge is 0.398 e. The molecule has 0 atom stereocenters. The molecule has 24 heavy (non-hydrogen) atoms. The van der Waals surface area contributed by atoms with E-state index in [4.69, 9.17) is 17.2 Å². The normalized spacial score (nSPS) is 11.0. The Labute approximate surface area is 139 Å². The maximum absolute atomic E-state index is 6.17. The number of anilines is 5. The number of hydrogen-bond acceptors (Lipinski definition) is 4. The standard InChI is InChI=1S/C20H18N4/c21-18-8-5-13-9-14(6-7-17(13)20(18)23)24-15-10-12-3-1-2-4-16(12)19(22)11-15/h1-11,24H,21-23H2. The topological polar surface area (TPSA) is 90.1 Å². The molecule has 4 nitrogen and oxygen atoms in total. The molecular formula is C20H18N4. The minimum absolute atomic E-state index is 0.602. The molecule has 0 fully saturated rings. The summed E-state index contributed by atoms with van der Waals surface area (Å²) in [5.74, 6) is 0. The molecule has 0 saturated heterocycles. The van der Waals surface area contributed by atoms with E-state index in [2.05, 4.69) is 23.5 Å². The van der Waals surface area contributed by atoms with Crippen LogP contribution in [-0.4, -0.2) is 0 Å². The van der Waals surface area contributed by atoms with Crippen LogP contribution in [0, 0.1) is 0 Å². The van der Waals surface area contributed by atoms with Gasteiger partial charge in [-0.15, -0.1) is 0 Å². The van der Waals surface area contributed by atoms with Gasteiger partial charge in [0.15, 0.2) is 0 Å². The Morgan fingerprint density at radius 2 is 1.33 bits per heavy atom. The van der Waals surface area contributed by atoms with Crippen LogP contribution in [0.5, 0.6) is 0 Å². The lowest BCUT2D eigenvalue weighted by atomic mass is 10.1. The summed E-state index contributed by atoms with van der Waals surface area (Å²) in [6.45, 7) is 0. The Balaban J connectivity index is 1.75. The number of rotatable bonds is 2. The first-order valence-electron chi connectivity index (χ1n) is 7.75. The maximum Gasteiger partial charge on any atom is 0.0627 e. The molecule has 0 aliphatic heterocycles. The van der Waals surface area contributed by atoms with Gasteiger partial charge in [0.2, 0.25) is 0 Å². The molecule has 0 aliphatic rings. The third-order valence-electron chi connectivity index (χ3n) is 4.28. The highest BCUT2D eigenvalue weighted by molar-refractivity contribution is 6.00. The van der Waals surface area contributed by atoms with Crippen LogP contribution in [0.15, 0.2) is 66.7 Å². The fourth-order valence-electron chi connectivity index (χ4n) is 3.03. The number of nitrogen functional groups attached to an aromatic ring is 3. The first-order valence-corrected chi connectivity index (χ1v) is 7.75. The predicted molar refractivity (Wildman–Crippen MR) is 104 cm³/mol. The van der Waals surface area contributed by atoms with Crippen molar-refractivity contribution >= 4 is 50.0 Å². The molecule has 0 aromatic heterocycles. The lowest BCUT2D eigenvalue weighted by Gasteiger charge is -2.12. The first kappa shape index (κ1) is 14.2. The highest BCUT2D eigenvalue weighted by Gasteiger charge is 2.05. The quantitative estimate of drug-likeness (QED) is 0.410. The van der Waals surface area contributed by atoms with Crippen LogP contribution < -0.4 is 22.5 Å². The SMILES string of the molecule is Nc1ccc2cc(Nc3cc(N)c4ccccc4c3)ccc2c1N. The fraction of sp³-hybridized carbons (Fsp3) is 0. The molecule has 0 aliphatic carbocycles. The molecule has 4 rings (SSSR count). The van der Waals surface area contributed by atoms with Gasteiger partial charge in [0.25, 0.3) is 0 Å². The number of fused-ring (bicyclic) bond motifs is 2. The molecule has 0 bridgehead atoms. The van der Waals surface area contributed by atoms with Crippen LogP contribution in [0.1, 0.15) is 0 Å². The van der Waals surface area contributed by atoms with E-state index in [9.17, 15) is 0 Å². The van der Waals surface area contributed by atoms with Crippen LogP contribution >= 0.6 is 0 Å². The maximum atomic E-state index is 6.17. The summed E-state index contributed by atoms with van der Waals surface area (Å²) < 4.78 is 0. The van der Waals surface area contributed by atoms with Crippen LogP contribution in [0.2, 0.25) is 0 Å². The molecule has 0 saturated carbocycles. The van der Waals surface area contributed by atoms with Crippen molar-refractivity contribution < 1.29 is 0 Å². The second-order valence-corrected chi connectivity index (χ2v) is 5.92. The van der Waals surface area contributed by atoms with E-state index in [1.54, 1.807) is 0 Å². The molecule has 0 spiro atoms. The summed E-state index contributed by atoms with van der Waals surface area (Å²) in [6, 6.07) is 21.9. The number of nitrogens with one attached hydrogen (secondary N) is 1. The van der Waals surface area contributed by atoms with E-state index in [1.165, 1.54) is 0 Å². The highest BCUT2D eigenvalue weighted by Crippen LogP contribution is 2.31. The zero-order valence-corrected chi connectivity index (χ0v) is 13.1. The summed E-state index contributed by atoms with van der Waals surface area (Å²) >= 11 is 0. The average Bonchev–Trinajstić information content (AvgIpc) is 2.58. The van der Waals surface area contributed by atoms with E-state index < -0.39 is 0 Å². The molecule has 118 valence electrons. The fourth-order valence-corrected chi connectivity index (χ4v) is 3.03. The molecule has 0 amide bonds. The van der Waals surface area contributed by atoms with Crippen molar-refractivity contribution in [3.63, 3.8) is 0 Å². The Hall–Kier alpha value is -3.40. The van der Waals surface area contributed by atoms with Gasteiger partial charge in [0, 0.05) is 27.8 Å². The summed E-state index contributed by atoms with van der Waals surface area (Å²) in [6.07, 6.45) is 0. The monoisotopic (exact) mass is 314 g/mol. The van der Waals surface area contributed by atoms with Crippen molar-refractivity contribution in [2.45, 2.75) is 0 Å². The number of benzene rings is 4. The van der Waals surface area contributed by atoms with E-state index in [0.29, 0.717) is 11.4 Å². The van der Waals surface area contributed by atoms with E-state index >= 15 is 0 Å². The Bertz CT molecular complexity index is 1070. The van der Waals surface area contributed by atoms with Gasteiger partial charge in [-0.25, -0.2) is 0 Å². The molecule has 0 unspecified atom stereocenters. The van der Waals surface area contributed by atoms with Gasteiger partial charge in [-0.2, -0.15) is 0 Å². The van der Waals surface area contributed by atoms with Gasteiger partial charge >= 0.3 is 0 Å². The molecule has 0 heterocycles. The zero-order valence-electron chi connectivity index (χ0n) is 13.1. The van der Waals surface area contributed by atoms with Crippen molar-refractivity contribution in [1.82, 2.24) is 0 Å². The highest BCUT2D eigenvalue weighted by atomic mass is 14.9. The van der Waals surface area contributed by atoms with Crippen molar-refractivity contribution in [2.75, 3.05) is 22.5 Å². The van der Waals surface area contributed by atoms with E-state index in [1.807, 2.05) is 48.5 Å². The van der Waals surface area contributed by atoms with Gasteiger partial charge in [0.05, 0.1) is 11.4 Å². The molecule has 4 heteroatoms. The minimum atomic E-state index is 0.602. The lowest BCUT2D eigenvalue weighted by molar-refractivity contribution is 1.58. The first-order chi connectivity index (χ1) is 11.6. The van der Waals surface area contributed by atoms with Crippen molar-refractivity contribution in [3.05, 3.63) is 66.7 Å². The summed E-state index contributed by atoms with van der Waals surface area (Å²) in [4.78, 5) is 0. The second kappa shape index (κ2) is 5.35. The van der Waals surface area contributed by atoms with Crippen molar-refractivity contribution in [3.8, 4) is 0 Å². The third-order valence-corrected chi connectivity index (χ3v) is 4.28. The molecule has 7 N–H and O–H groups in total. The molecule has 0 radical (unpaired) electrons. The zero-order chi connectivity index (χ0) is 16.7. The lowest BCUT2D eigenvalue weighted by Crippen LogP contribution is -1.96. The van der Waals surface area contributed by atoms with Gasteiger partial charge < -0.3 is 22.5 Å². The third kappa shape index (κ3) is 2.34. The number of hydrogen-bond donors (Lipinski definition) is 4. The van der Waals surface area contributed by atoms with E-state index in [0.717, 1.165) is 38.6 Å². The molecule has 4 aromatic rings. The predicted octanol–water partition coefficient (Wildman–Crippen LogP) is 4.48. The van der Waals surface area contributed by atoms with Gasteiger partial charge in [-0.1, -0.05) is 36.4 Å².